The summed E-state index contributed by atoms with van der Waals surface area (Å²) in [5, 5.41) is 8.87. The number of methoxy groups -OCH3 is 1. The van der Waals surface area contributed by atoms with Crippen molar-refractivity contribution in [2.45, 2.75) is 64.3 Å². The number of carbonyl (C=O) groups is 2. The summed E-state index contributed by atoms with van der Waals surface area (Å²) in [6, 6.07) is 3.33. The summed E-state index contributed by atoms with van der Waals surface area (Å²) in [5.41, 5.74) is -1.52. The van der Waals surface area contributed by atoms with Crippen LogP contribution in [0.4, 0.5) is 18.0 Å². The molecule has 0 heterocycles. The second kappa shape index (κ2) is 11.6. The second-order valence-corrected chi connectivity index (χ2v) is 9.26. The van der Waals surface area contributed by atoms with Crippen LogP contribution in [0.15, 0.2) is 18.2 Å². The quantitative estimate of drug-likeness (QED) is 0.495. The Labute approximate surface area is 192 Å². The van der Waals surface area contributed by atoms with E-state index >= 15 is 0 Å². The number of carbonyl (C=O) groups excluding carboxylic acids is 2. The number of benzene rings is 1. The highest BCUT2D eigenvalue weighted by molar-refractivity contribution is 5.94. The van der Waals surface area contributed by atoms with Crippen LogP contribution in [0.1, 0.15) is 62.4 Å². The Kier molecular flexibility index (Phi) is 9.39. The summed E-state index contributed by atoms with van der Waals surface area (Å²) in [4.78, 5) is 24.1. The molecule has 0 aromatic heterocycles. The van der Waals surface area contributed by atoms with Gasteiger partial charge in [0.1, 0.15) is 11.4 Å². The average Bonchev–Trinajstić information content (AvgIpc) is 2.73. The van der Waals surface area contributed by atoms with E-state index in [1.54, 1.807) is 0 Å². The molecule has 2 rings (SSSR count). The van der Waals surface area contributed by atoms with Crippen LogP contribution in [0, 0.1) is 5.92 Å². The highest BCUT2D eigenvalue weighted by atomic mass is 19.4. The lowest BCUT2D eigenvalue weighted by Gasteiger charge is -2.29. The first-order valence-corrected chi connectivity index (χ1v) is 11.1. The first kappa shape index (κ1) is 26.8. The van der Waals surface area contributed by atoms with Gasteiger partial charge >= 0.3 is 12.3 Å². The minimum absolute atomic E-state index is 0.0114. The Balaban J connectivity index is 1.71. The van der Waals surface area contributed by atoms with Crippen LogP contribution >= 0.6 is 0 Å². The number of amides is 2. The Hall–Kier alpha value is -2.49. The van der Waals surface area contributed by atoms with E-state index in [-0.39, 0.29) is 17.2 Å². The molecule has 2 amide bonds. The van der Waals surface area contributed by atoms with Crippen molar-refractivity contribution in [2.24, 2.45) is 5.92 Å². The fourth-order valence-electron chi connectivity index (χ4n) is 3.68. The highest BCUT2D eigenvalue weighted by Crippen LogP contribution is 2.32. The molecule has 1 aliphatic carbocycles. The molecule has 3 N–H and O–H groups in total. The zero-order valence-corrected chi connectivity index (χ0v) is 19.6. The third-order valence-corrected chi connectivity index (χ3v) is 5.36. The van der Waals surface area contributed by atoms with E-state index in [1.807, 2.05) is 20.8 Å². The van der Waals surface area contributed by atoms with Gasteiger partial charge in [-0.2, -0.15) is 13.2 Å². The van der Waals surface area contributed by atoms with Crippen molar-refractivity contribution >= 4 is 12.0 Å². The van der Waals surface area contributed by atoms with Crippen LogP contribution in [0.2, 0.25) is 0 Å². The monoisotopic (exact) mass is 473 g/mol. The molecule has 0 radical (unpaired) electrons. The van der Waals surface area contributed by atoms with Crippen LogP contribution in [0.3, 0.4) is 0 Å². The number of alkyl halides is 3. The third-order valence-electron chi connectivity index (χ3n) is 5.36. The summed E-state index contributed by atoms with van der Waals surface area (Å²) in [6.45, 7) is 6.92. The van der Waals surface area contributed by atoms with Gasteiger partial charge in [-0.3, -0.25) is 4.79 Å². The smallest absolute Gasteiger partial charge is 0.416 e. The Bertz CT molecular complexity index is 801. The number of alkyl carbamates (subject to hydrolysis) is 1. The molecule has 33 heavy (non-hydrogen) atoms. The summed E-state index contributed by atoms with van der Waals surface area (Å²) in [6.07, 6.45) is -1.37. The van der Waals surface area contributed by atoms with Gasteiger partial charge in [-0.15, -0.1) is 0 Å². The van der Waals surface area contributed by atoms with Crippen LogP contribution in [-0.4, -0.2) is 50.4 Å². The van der Waals surface area contributed by atoms with Gasteiger partial charge < -0.3 is 25.4 Å². The summed E-state index contributed by atoms with van der Waals surface area (Å²) >= 11 is 0. The number of hydrogen-bond donors (Lipinski definition) is 3. The van der Waals surface area contributed by atoms with Crippen LogP contribution in [0.25, 0.3) is 0 Å². The molecule has 7 nitrogen and oxygen atoms in total. The molecule has 0 aliphatic heterocycles. The van der Waals surface area contributed by atoms with Gasteiger partial charge in [-0.05, 0) is 70.6 Å². The summed E-state index contributed by atoms with van der Waals surface area (Å²) in [7, 11) is 1.26. The van der Waals surface area contributed by atoms with E-state index in [0.29, 0.717) is 25.7 Å². The van der Waals surface area contributed by atoms with Gasteiger partial charge in [0.2, 0.25) is 0 Å². The zero-order chi connectivity index (χ0) is 24.6. The molecule has 186 valence electrons. The molecule has 1 fully saturated rings. The van der Waals surface area contributed by atoms with Crippen molar-refractivity contribution in [3.05, 3.63) is 29.3 Å². The number of hydrogen-bond acceptors (Lipinski definition) is 5. The molecular formula is C23H34F3N3O4. The molecule has 10 heteroatoms. The largest absolute Gasteiger partial charge is 0.497 e. The predicted molar refractivity (Wildman–Crippen MR) is 118 cm³/mol. The second-order valence-electron chi connectivity index (χ2n) is 9.26. The number of rotatable bonds is 8. The summed E-state index contributed by atoms with van der Waals surface area (Å²) in [5.74, 6) is -0.296. The maximum absolute atomic E-state index is 13.1. The van der Waals surface area contributed by atoms with Crippen molar-refractivity contribution in [1.29, 1.82) is 0 Å². The molecule has 0 unspecified atom stereocenters. The zero-order valence-electron chi connectivity index (χ0n) is 19.6. The highest BCUT2D eigenvalue weighted by Gasteiger charge is 2.32. The first-order valence-electron chi connectivity index (χ1n) is 11.1. The normalized spacial score (nSPS) is 19.0. The standard InChI is InChI=1S/C23H34F3N3O4/c1-22(2,3)33-21(31)28-10-9-27-18-7-5-15(6-8-18)14-29-20(30)16-11-17(23(24,25)26)13-19(12-16)32-4/h11-13,15,18,27H,5-10,14H2,1-4H3,(H,28,31)(H,29,30). The number of nitrogens with one attached hydrogen (secondary N) is 3. The SMILES string of the molecule is COc1cc(C(=O)NCC2CCC(NCCNC(=O)OC(C)(C)C)CC2)cc(C(F)(F)F)c1. The lowest BCUT2D eigenvalue weighted by Crippen LogP contribution is -2.41. The van der Waals surface area contributed by atoms with E-state index in [0.717, 1.165) is 37.8 Å². The van der Waals surface area contributed by atoms with E-state index in [2.05, 4.69) is 16.0 Å². The van der Waals surface area contributed by atoms with Gasteiger partial charge in [0.25, 0.3) is 5.91 Å². The average molecular weight is 474 g/mol. The number of ether oxygens (including phenoxy) is 2. The third kappa shape index (κ3) is 9.49. The Morgan fingerprint density at radius 2 is 1.67 bits per heavy atom. The van der Waals surface area contributed by atoms with Crippen LogP contribution in [0.5, 0.6) is 5.75 Å². The van der Waals surface area contributed by atoms with Crippen molar-refractivity contribution in [1.82, 2.24) is 16.0 Å². The molecule has 1 aromatic carbocycles. The van der Waals surface area contributed by atoms with Gasteiger partial charge in [0.05, 0.1) is 12.7 Å². The number of halogens is 3. The van der Waals surface area contributed by atoms with E-state index in [1.165, 1.54) is 13.2 Å². The predicted octanol–water partition coefficient (Wildman–Crippen LogP) is 4.12. The first-order chi connectivity index (χ1) is 15.4. The molecule has 1 aromatic rings. The molecule has 0 atom stereocenters. The minimum Gasteiger partial charge on any atom is -0.497 e. The fourth-order valence-corrected chi connectivity index (χ4v) is 3.68. The molecule has 1 saturated carbocycles. The van der Waals surface area contributed by atoms with Gasteiger partial charge in [-0.1, -0.05) is 0 Å². The molecule has 0 spiro atoms. The molecule has 1 aliphatic rings. The molecule has 0 bridgehead atoms. The van der Waals surface area contributed by atoms with Gasteiger partial charge in [0, 0.05) is 31.2 Å². The van der Waals surface area contributed by atoms with Crippen molar-refractivity contribution in [3.8, 4) is 5.75 Å². The van der Waals surface area contributed by atoms with Crippen molar-refractivity contribution in [2.75, 3.05) is 26.7 Å². The summed E-state index contributed by atoms with van der Waals surface area (Å²) < 4.78 is 49.3. The Morgan fingerprint density at radius 3 is 2.24 bits per heavy atom. The van der Waals surface area contributed by atoms with E-state index in [4.69, 9.17) is 9.47 Å². The molecular weight excluding hydrogens is 439 g/mol. The lowest BCUT2D eigenvalue weighted by atomic mass is 9.86. The van der Waals surface area contributed by atoms with E-state index in [9.17, 15) is 22.8 Å². The maximum atomic E-state index is 13.1. The minimum atomic E-state index is -4.56. The van der Waals surface area contributed by atoms with Crippen molar-refractivity contribution in [3.63, 3.8) is 0 Å². The fraction of sp³-hybridized carbons (Fsp3) is 0.652. The van der Waals surface area contributed by atoms with Crippen molar-refractivity contribution < 1.29 is 32.2 Å². The van der Waals surface area contributed by atoms with Crippen LogP contribution in [-0.2, 0) is 10.9 Å². The molecule has 0 saturated heterocycles. The maximum Gasteiger partial charge on any atom is 0.416 e. The Morgan fingerprint density at radius 1 is 1.00 bits per heavy atom. The lowest BCUT2D eigenvalue weighted by molar-refractivity contribution is -0.137. The van der Waals surface area contributed by atoms with Crippen LogP contribution < -0.4 is 20.7 Å². The topological polar surface area (TPSA) is 88.7 Å². The van der Waals surface area contributed by atoms with Gasteiger partial charge in [-0.25, -0.2) is 4.79 Å². The van der Waals surface area contributed by atoms with E-state index < -0.39 is 29.3 Å². The van der Waals surface area contributed by atoms with Gasteiger partial charge in [0.15, 0.2) is 0 Å².